The topological polar surface area (TPSA) is 109 Å². The number of nitriles is 1. The first-order valence-corrected chi connectivity index (χ1v) is 8.78. The Morgan fingerprint density at radius 1 is 1.42 bits per heavy atom. The molecular weight excluding hydrogens is 376 g/mol. The molecule has 26 heavy (non-hydrogen) atoms. The van der Waals surface area contributed by atoms with E-state index in [4.69, 9.17) is 11.6 Å². The van der Waals surface area contributed by atoms with Crippen LogP contribution in [0.3, 0.4) is 0 Å². The lowest BCUT2D eigenvalue weighted by molar-refractivity contribution is -0.384. The molecule has 7 nitrogen and oxygen atoms in total. The summed E-state index contributed by atoms with van der Waals surface area (Å²) in [5.74, 6) is -0.401. The van der Waals surface area contributed by atoms with Crippen LogP contribution in [0.4, 0.5) is 11.4 Å². The standard InChI is InChI=1S/C17H15ClN4O3S/c1-9-6-10(2)20-17(13(9)8-19)26-11(3)16(23)21-15-7-12(22(24)25)4-5-14(15)18/h4-7,11H,1-3H3,(H,21,23). The van der Waals surface area contributed by atoms with Gasteiger partial charge in [0.15, 0.2) is 0 Å². The second-order valence-corrected chi connectivity index (χ2v) is 7.28. The van der Waals surface area contributed by atoms with E-state index in [1.54, 1.807) is 13.0 Å². The molecule has 0 spiro atoms. The number of benzene rings is 1. The minimum Gasteiger partial charge on any atom is -0.324 e. The number of thioether (sulfide) groups is 1. The fraction of sp³-hybridized carbons (Fsp3) is 0.235. The molecule has 0 aliphatic heterocycles. The van der Waals surface area contributed by atoms with E-state index in [1.807, 2.05) is 13.8 Å². The van der Waals surface area contributed by atoms with Crippen LogP contribution in [0.15, 0.2) is 29.3 Å². The van der Waals surface area contributed by atoms with Crippen LogP contribution in [0.2, 0.25) is 5.02 Å². The number of amides is 1. The number of rotatable bonds is 5. The molecular formula is C17H15ClN4O3S. The highest BCUT2D eigenvalue weighted by Crippen LogP contribution is 2.30. The second-order valence-electron chi connectivity index (χ2n) is 5.54. The first-order chi connectivity index (χ1) is 12.2. The minimum atomic E-state index is -0.592. The number of hydrogen-bond acceptors (Lipinski definition) is 6. The zero-order valence-corrected chi connectivity index (χ0v) is 15.8. The number of carbonyl (C=O) groups is 1. The molecule has 0 fully saturated rings. The molecule has 0 aliphatic rings. The molecule has 0 aliphatic carbocycles. The van der Waals surface area contributed by atoms with Crippen molar-refractivity contribution in [2.45, 2.75) is 31.0 Å². The van der Waals surface area contributed by atoms with E-state index in [2.05, 4.69) is 16.4 Å². The first kappa shape index (κ1) is 19.7. The van der Waals surface area contributed by atoms with Crippen LogP contribution in [-0.2, 0) is 4.79 Å². The van der Waals surface area contributed by atoms with Gasteiger partial charge in [-0.15, -0.1) is 0 Å². The Morgan fingerprint density at radius 3 is 2.73 bits per heavy atom. The average molecular weight is 391 g/mol. The minimum absolute atomic E-state index is 0.159. The van der Waals surface area contributed by atoms with Gasteiger partial charge >= 0.3 is 0 Å². The van der Waals surface area contributed by atoms with Gasteiger partial charge in [-0.1, -0.05) is 23.4 Å². The van der Waals surface area contributed by atoms with Gasteiger partial charge < -0.3 is 5.32 Å². The maximum Gasteiger partial charge on any atom is 0.271 e. The fourth-order valence-electron chi connectivity index (χ4n) is 2.20. The lowest BCUT2D eigenvalue weighted by Gasteiger charge is -2.14. The van der Waals surface area contributed by atoms with E-state index in [9.17, 15) is 20.2 Å². The van der Waals surface area contributed by atoms with Crippen molar-refractivity contribution in [1.82, 2.24) is 4.98 Å². The van der Waals surface area contributed by atoms with Gasteiger partial charge in [-0.2, -0.15) is 5.26 Å². The normalized spacial score (nSPS) is 11.5. The van der Waals surface area contributed by atoms with E-state index in [-0.39, 0.29) is 16.4 Å². The summed E-state index contributed by atoms with van der Waals surface area (Å²) < 4.78 is 0. The third kappa shape index (κ3) is 4.50. The molecule has 1 aromatic heterocycles. The number of anilines is 1. The molecule has 134 valence electrons. The monoisotopic (exact) mass is 390 g/mol. The third-order valence-electron chi connectivity index (χ3n) is 3.50. The Kier molecular flexibility index (Phi) is 6.18. The van der Waals surface area contributed by atoms with Crippen molar-refractivity contribution < 1.29 is 9.72 Å². The first-order valence-electron chi connectivity index (χ1n) is 7.52. The highest BCUT2D eigenvalue weighted by Gasteiger charge is 2.20. The molecule has 1 heterocycles. The van der Waals surface area contributed by atoms with Crippen LogP contribution in [-0.4, -0.2) is 21.1 Å². The maximum atomic E-state index is 12.4. The molecule has 2 rings (SSSR count). The zero-order valence-electron chi connectivity index (χ0n) is 14.2. The number of nitrogens with one attached hydrogen (secondary N) is 1. The van der Waals surface area contributed by atoms with E-state index in [1.165, 1.54) is 18.2 Å². The largest absolute Gasteiger partial charge is 0.324 e. The molecule has 1 unspecified atom stereocenters. The number of nitro groups is 1. The summed E-state index contributed by atoms with van der Waals surface area (Å²) in [6, 6.07) is 7.72. The number of non-ortho nitro benzene ring substituents is 1. The summed E-state index contributed by atoms with van der Waals surface area (Å²) >= 11 is 7.14. The van der Waals surface area contributed by atoms with E-state index in [0.29, 0.717) is 10.6 Å². The number of carbonyl (C=O) groups excluding carboxylic acids is 1. The van der Waals surface area contributed by atoms with Gasteiger partial charge in [-0.25, -0.2) is 4.98 Å². The van der Waals surface area contributed by atoms with Gasteiger partial charge in [0.1, 0.15) is 11.1 Å². The smallest absolute Gasteiger partial charge is 0.271 e. The van der Waals surface area contributed by atoms with Crippen LogP contribution >= 0.6 is 23.4 Å². The van der Waals surface area contributed by atoms with Crippen LogP contribution in [0, 0.1) is 35.3 Å². The van der Waals surface area contributed by atoms with Crippen molar-refractivity contribution in [2.24, 2.45) is 0 Å². The molecule has 2 aromatic rings. The van der Waals surface area contributed by atoms with Crippen LogP contribution in [0.1, 0.15) is 23.7 Å². The van der Waals surface area contributed by atoms with E-state index in [0.717, 1.165) is 23.0 Å². The predicted octanol–water partition coefficient (Wildman–Crippen LogP) is 4.25. The Balaban J connectivity index is 2.21. The van der Waals surface area contributed by atoms with Gasteiger partial charge in [-0.3, -0.25) is 14.9 Å². The van der Waals surface area contributed by atoms with Gasteiger partial charge in [-0.05, 0) is 38.5 Å². The Morgan fingerprint density at radius 2 is 2.12 bits per heavy atom. The quantitative estimate of drug-likeness (QED) is 0.464. The predicted molar refractivity (Wildman–Crippen MR) is 100 cm³/mol. The summed E-state index contributed by atoms with van der Waals surface area (Å²) in [5.41, 5.74) is 1.95. The number of halogens is 1. The SMILES string of the molecule is Cc1cc(C)c(C#N)c(SC(C)C(=O)Nc2cc([N+](=O)[O-])ccc2Cl)n1. The van der Waals surface area contributed by atoms with Crippen molar-refractivity contribution in [3.8, 4) is 6.07 Å². The number of nitrogens with zero attached hydrogens (tertiary/aromatic N) is 3. The number of hydrogen-bond donors (Lipinski definition) is 1. The Labute approximate surface area is 159 Å². The third-order valence-corrected chi connectivity index (χ3v) is 4.92. The lowest BCUT2D eigenvalue weighted by atomic mass is 10.1. The van der Waals surface area contributed by atoms with Crippen LogP contribution in [0.5, 0.6) is 0 Å². The Bertz CT molecular complexity index is 927. The van der Waals surface area contributed by atoms with Crippen LogP contribution < -0.4 is 5.32 Å². The molecule has 9 heteroatoms. The second kappa shape index (κ2) is 8.17. The molecule has 1 aromatic carbocycles. The number of pyridine rings is 1. The van der Waals surface area contributed by atoms with Gasteiger partial charge in [0.25, 0.3) is 5.69 Å². The van der Waals surface area contributed by atoms with Crippen LogP contribution in [0.25, 0.3) is 0 Å². The van der Waals surface area contributed by atoms with E-state index < -0.39 is 16.1 Å². The summed E-state index contributed by atoms with van der Waals surface area (Å²) in [6.45, 7) is 5.28. The summed E-state index contributed by atoms with van der Waals surface area (Å²) in [6.07, 6.45) is 0. The van der Waals surface area contributed by atoms with Crippen molar-refractivity contribution >= 4 is 40.6 Å². The number of nitro benzene ring substituents is 1. The fourth-order valence-corrected chi connectivity index (χ4v) is 3.39. The van der Waals surface area contributed by atoms with E-state index >= 15 is 0 Å². The highest BCUT2D eigenvalue weighted by molar-refractivity contribution is 8.00. The Hall–Kier alpha value is -2.63. The van der Waals surface area contributed by atoms with Crippen molar-refractivity contribution in [1.29, 1.82) is 5.26 Å². The molecule has 0 radical (unpaired) electrons. The molecule has 1 N–H and O–H groups in total. The molecule has 1 atom stereocenters. The summed E-state index contributed by atoms with van der Waals surface area (Å²) in [7, 11) is 0. The molecule has 0 saturated carbocycles. The van der Waals surface area contributed by atoms with Crippen molar-refractivity contribution in [3.05, 3.63) is 56.2 Å². The van der Waals surface area contributed by atoms with Gasteiger partial charge in [0.05, 0.1) is 26.4 Å². The van der Waals surface area contributed by atoms with Gasteiger partial charge in [0, 0.05) is 17.8 Å². The van der Waals surface area contributed by atoms with Crippen molar-refractivity contribution in [2.75, 3.05) is 5.32 Å². The zero-order chi connectivity index (χ0) is 19.4. The molecule has 0 saturated heterocycles. The summed E-state index contributed by atoms with van der Waals surface area (Å²) in [4.78, 5) is 27.1. The van der Waals surface area contributed by atoms with Gasteiger partial charge in [0.2, 0.25) is 5.91 Å². The molecule has 0 bridgehead atoms. The maximum absolute atomic E-state index is 12.4. The average Bonchev–Trinajstić information content (AvgIpc) is 2.56. The summed E-state index contributed by atoms with van der Waals surface area (Å²) in [5, 5.41) is 22.8. The molecule has 1 amide bonds. The lowest BCUT2D eigenvalue weighted by Crippen LogP contribution is -2.23. The van der Waals surface area contributed by atoms with Crippen molar-refractivity contribution in [3.63, 3.8) is 0 Å². The number of aromatic nitrogens is 1. The highest BCUT2D eigenvalue weighted by atomic mass is 35.5. The number of aryl methyl sites for hydroxylation is 2.